The third-order valence-electron chi connectivity index (χ3n) is 3.06. The minimum absolute atomic E-state index is 0.0752. The Morgan fingerprint density at radius 1 is 1.47 bits per heavy atom. The van der Waals surface area contributed by atoms with Crippen LogP contribution in [-0.2, 0) is 9.53 Å². The van der Waals surface area contributed by atoms with E-state index in [1.807, 2.05) is 0 Å². The predicted octanol–water partition coefficient (Wildman–Crippen LogP) is 0.716. The van der Waals surface area contributed by atoms with Crippen LogP contribution in [0.5, 0.6) is 0 Å². The average molecular weight is 244 g/mol. The second-order valence-corrected chi connectivity index (χ2v) is 4.28. The van der Waals surface area contributed by atoms with E-state index in [0.29, 0.717) is 6.42 Å². The van der Waals surface area contributed by atoms with Crippen molar-refractivity contribution in [1.29, 1.82) is 0 Å². The van der Waals surface area contributed by atoms with Gasteiger partial charge < -0.3 is 20.5 Å². The maximum Gasteiger partial charge on any atom is 0.326 e. The zero-order valence-corrected chi connectivity index (χ0v) is 10.2. The van der Waals surface area contributed by atoms with Gasteiger partial charge >= 0.3 is 12.0 Å². The molecule has 0 aromatic rings. The van der Waals surface area contributed by atoms with Crippen molar-refractivity contribution in [2.75, 3.05) is 7.11 Å². The minimum Gasteiger partial charge on any atom is -0.480 e. The number of methoxy groups -OCH3 is 1. The maximum atomic E-state index is 11.5. The van der Waals surface area contributed by atoms with Gasteiger partial charge in [-0.25, -0.2) is 9.59 Å². The first-order valence-corrected chi connectivity index (χ1v) is 5.89. The number of carboxylic acid groups (broad SMARTS) is 1. The number of ether oxygens (including phenoxy) is 1. The highest BCUT2D eigenvalue weighted by atomic mass is 16.5. The van der Waals surface area contributed by atoms with Crippen molar-refractivity contribution in [3.05, 3.63) is 0 Å². The smallest absolute Gasteiger partial charge is 0.326 e. The van der Waals surface area contributed by atoms with E-state index in [4.69, 9.17) is 9.84 Å². The molecule has 98 valence electrons. The van der Waals surface area contributed by atoms with Gasteiger partial charge in [-0.05, 0) is 25.7 Å². The van der Waals surface area contributed by atoms with Crippen LogP contribution in [-0.4, -0.2) is 42.4 Å². The van der Waals surface area contributed by atoms with Crippen molar-refractivity contribution >= 4 is 12.0 Å². The van der Waals surface area contributed by atoms with E-state index in [1.54, 1.807) is 14.0 Å². The zero-order chi connectivity index (χ0) is 12.8. The molecule has 1 aliphatic rings. The van der Waals surface area contributed by atoms with Crippen molar-refractivity contribution in [3.8, 4) is 0 Å². The van der Waals surface area contributed by atoms with Crippen LogP contribution in [0.15, 0.2) is 0 Å². The maximum absolute atomic E-state index is 11.5. The Bertz CT molecular complexity index is 283. The van der Waals surface area contributed by atoms with Crippen molar-refractivity contribution in [2.24, 2.45) is 0 Å². The molecule has 0 aliphatic heterocycles. The van der Waals surface area contributed by atoms with Gasteiger partial charge in [0.25, 0.3) is 0 Å². The molecule has 0 heterocycles. The Kier molecular flexibility index (Phi) is 5.21. The summed E-state index contributed by atoms with van der Waals surface area (Å²) < 4.78 is 5.20. The predicted molar refractivity (Wildman–Crippen MR) is 61.8 cm³/mol. The summed E-state index contributed by atoms with van der Waals surface area (Å²) in [5, 5.41) is 14.0. The van der Waals surface area contributed by atoms with Gasteiger partial charge in [0.05, 0.1) is 6.10 Å². The molecule has 3 atom stereocenters. The molecule has 3 N–H and O–H groups in total. The van der Waals surface area contributed by atoms with E-state index in [2.05, 4.69) is 10.6 Å². The molecule has 1 fully saturated rings. The summed E-state index contributed by atoms with van der Waals surface area (Å²) in [6.07, 6.45) is 3.15. The Morgan fingerprint density at radius 3 is 2.65 bits per heavy atom. The monoisotopic (exact) mass is 244 g/mol. The second-order valence-electron chi connectivity index (χ2n) is 4.28. The number of carbonyl (C=O) groups is 2. The molecule has 0 saturated heterocycles. The molecule has 1 aliphatic carbocycles. The molecule has 0 aromatic carbocycles. The number of amides is 2. The Hall–Kier alpha value is -1.30. The molecule has 6 heteroatoms. The molecule has 1 saturated carbocycles. The largest absolute Gasteiger partial charge is 0.480 e. The third kappa shape index (κ3) is 4.22. The topological polar surface area (TPSA) is 87.7 Å². The molecule has 17 heavy (non-hydrogen) atoms. The van der Waals surface area contributed by atoms with E-state index in [9.17, 15) is 9.59 Å². The molecule has 1 rings (SSSR count). The molecule has 0 aromatic heterocycles. The number of carbonyl (C=O) groups excluding carboxylic acids is 1. The highest BCUT2D eigenvalue weighted by molar-refractivity contribution is 5.82. The number of hydrogen-bond acceptors (Lipinski definition) is 3. The zero-order valence-electron chi connectivity index (χ0n) is 10.2. The highest BCUT2D eigenvalue weighted by Gasteiger charge is 2.26. The van der Waals surface area contributed by atoms with Crippen molar-refractivity contribution in [3.63, 3.8) is 0 Å². The van der Waals surface area contributed by atoms with Gasteiger partial charge in [-0.2, -0.15) is 0 Å². The Morgan fingerprint density at radius 2 is 2.18 bits per heavy atom. The Labute approximate surface area is 101 Å². The van der Waals surface area contributed by atoms with E-state index in [1.165, 1.54) is 0 Å². The van der Waals surface area contributed by atoms with E-state index >= 15 is 0 Å². The number of carboxylic acids is 1. The fraction of sp³-hybridized carbons (Fsp3) is 0.818. The van der Waals surface area contributed by atoms with Crippen LogP contribution in [0.2, 0.25) is 0 Å². The summed E-state index contributed by atoms with van der Waals surface area (Å²) in [6.45, 7) is 1.72. The second kappa shape index (κ2) is 6.44. The quantitative estimate of drug-likeness (QED) is 0.665. The number of nitrogens with one attached hydrogen (secondary N) is 2. The van der Waals surface area contributed by atoms with Crippen LogP contribution < -0.4 is 10.6 Å². The summed E-state index contributed by atoms with van der Waals surface area (Å²) in [4.78, 5) is 22.3. The van der Waals surface area contributed by atoms with Crippen LogP contribution in [0.4, 0.5) is 4.79 Å². The third-order valence-corrected chi connectivity index (χ3v) is 3.06. The van der Waals surface area contributed by atoms with E-state index < -0.39 is 18.0 Å². The van der Waals surface area contributed by atoms with Gasteiger partial charge in [-0.3, -0.25) is 0 Å². The molecule has 0 spiro atoms. The molecule has 0 radical (unpaired) electrons. The lowest BCUT2D eigenvalue weighted by atomic mass is 10.2. The summed E-state index contributed by atoms with van der Waals surface area (Å²) in [5.41, 5.74) is 0. The lowest BCUT2D eigenvalue weighted by molar-refractivity contribution is -0.139. The lowest BCUT2D eigenvalue weighted by Gasteiger charge is -2.16. The average Bonchev–Trinajstić information content (AvgIpc) is 2.73. The van der Waals surface area contributed by atoms with E-state index in [-0.39, 0.29) is 12.1 Å². The summed E-state index contributed by atoms with van der Waals surface area (Å²) >= 11 is 0. The van der Waals surface area contributed by atoms with Crippen molar-refractivity contribution < 1.29 is 19.4 Å². The lowest BCUT2D eigenvalue weighted by Crippen LogP contribution is -2.48. The first-order chi connectivity index (χ1) is 8.06. The summed E-state index contributed by atoms with van der Waals surface area (Å²) in [7, 11) is 1.66. The van der Waals surface area contributed by atoms with Crippen LogP contribution in [0, 0.1) is 0 Å². The number of rotatable bonds is 5. The first kappa shape index (κ1) is 13.8. The number of hydrogen-bond donors (Lipinski definition) is 3. The molecule has 6 nitrogen and oxygen atoms in total. The van der Waals surface area contributed by atoms with Crippen LogP contribution in [0.1, 0.15) is 32.6 Å². The molecular weight excluding hydrogens is 224 g/mol. The molecule has 2 unspecified atom stereocenters. The van der Waals surface area contributed by atoms with Crippen molar-refractivity contribution in [2.45, 2.75) is 50.8 Å². The van der Waals surface area contributed by atoms with E-state index in [0.717, 1.165) is 19.3 Å². The van der Waals surface area contributed by atoms with Gasteiger partial charge in [0.2, 0.25) is 0 Å². The standard InChI is InChI=1S/C11H20N2O4/c1-3-9(10(14)15)13-11(16)12-7-4-5-8(6-7)17-2/h7-9H,3-6H2,1-2H3,(H,14,15)(H2,12,13,16)/t7?,8?,9-/m0/s1. The van der Waals surface area contributed by atoms with Gasteiger partial charge in [0.15, 0.2) is 0 Å². The Balaban J connectivity index is 2.32. The van der Waals surface area contributed by atoms with Gasteiger partial charge in [0, 0.05) is 13.2 Å². The summed E-state index contributed by atoms with van der Waals surface area (Å²) in [5.74, 6) is -1.01. The van der Waals surface area contributed by atoms with Gasteiger partial charge in [-0.1, -0.05) is 6.92 Å². The fourth-order valence-corrected chi connectivity index (χ4v) is 2.01. The van der Waals surface area contributed by atoms with Gasteiger partial charge in [0.1, 0.15) is 6.04 Å². The number of urea groups is 1. The minimum atomic E-state index is -1.01. The highest BCUT2D eigenvalue weighted by Crippen LogP contribution is 2.21. The first-order valence-electron chi connectivity index (χ1n) is 5.89. The normalized spacial score (nSPS) is 25.3. The van der Waals surface area contributed by atoms with Crippen molar-refractivity contribution in [1.82, 2.24) is 10.6 Å². The van der Waals surface area contributed by atoms with Gasteiger partial charge in [-0.15, -0.1) is 0 Å². The molecule has 0 bridgehead atoms. The fourth-order valence-electron chi connectivity index (χ4n) is 2.01. The molecule has 2 amide bonds. The van der Waals surface area contributed by atoms with Crippen LogP contribution in [0.3, 0.4) is 0 Å². The summed E-state index contributed by atoms with van der Waals surface area (Å²) in [6, 6.07) is -1.16. The number of aliphatic carboxylic acids is 1. The molecular formula is C11H20N2O4. The SMILES string of the molecule is CC[C@H](NC(=O)NC1CCC(OC)C1)C(=O)O. The van der Waals surface area contributed by atoms with Crippen LogP contribution in [0.25, 0.3) is 0 Å². The van der Waals surface area contributed by atoms with Crippen LogP contribution >= 0.6 is 0 Å².